The zero-order chi connectivity index (χ0) is 30.8. The lowest BCUT2D eigenvalue weighted by atomic mass is 10.0. The smallest absolute Gasteiger partial charge is 0.384 e. The number of hydrogen-bond acceptors (Lipinski definition) is 8. The van der Waals surface area contributed by atoms with E-state index in [-0.39, 0.29) is 5.56 Å². The third kappa shape index (κ3) is 6.47. The predicted octanol–water partition coefficient (Wildman–Crippen LogP) is 5.63. The number of anilines is 5. The Hall–Kier alpha value is -4.65. The van der Waals surface area contributed by atoms with E-state index in [9.17, 15) is 18.0 Å². The van der Waals surface area contributed by atoms with Crippen molar-refractivity contribution in [1.82, 2.24) is 24.4 Å². The second kappa shape index (κ2) is 12.2. The summed E-state index contributed by atoms with van der Waals surface area (Å²) in [5.74, 6) is 0.642. The molecule has 230 valence electrons. The lowest BCUT2D eigenvalue weighted by Crippen LogP contribution is -2.44. The molecule has 2 aromatic heterocycles. The first-order chi connectivity index (χ1) is 21.1. The number of alkyl halides is 3. The highest BCUT2D eigenvalue weighted by Crippen LogP contribution is 2.35. The highest BCUT2D eigenvalue weighted by molar-refractivity contribution is 6.05. The molecule has 0 radical (unpaired) electrons. The van der Waals surface area contributed by atoms with Crippen LogP contribution in [0.1, 0.15) is 47.2 Å². The average Bonchev–Trinajstić information content (AvgIpc) is 3.71. The predicted molar refractivity (Wildman–Crippen MR) is 163 cm³/mol. The molecular weight excluding hydrogens is 571 g/mol. The van der Waals surface area contributed by atoms with Crippen LogP contribution in [0.25, 0.3) is 5.82 Å². The van der Waals surface area contributed by atoms with Crippen molar-refractivity contribution in [1.29, 1.82) is 0 Å². The lowest BCUT2D eigenvalue weighted by molar-refractivity contribution is -0.137. The van der Waals surface area contributed by atoms with Crippen LogP contribution in [0.2, 0.25) is 0 Å². The van der Waals surface area contributed by atoms with E-state index in [4.69, 9.17) is 5.73 Å². The van der Waals surface area contributed by atoms with E-state index in [1.165, 1.54) is 19.2 Å². The maximum atomic E-state index is 13.9. The van der Waals surface area contributed by atoms with E-state index in [1.54, 1.807) is 47.3 Å². The third-order valence-corrected chi connectivity index (χ3v) is 8.30. The maximum Gasteiger partial charge on any atom is 0.416 e. The number of halogens is 3. The number of likely N-dealkylation sites (tertiary alicyclic amines) is 1. The summed E-state index contributed by atoms with van der Waals surface area (Å²) in [5, 5.41) is 6.01. The lowest BCUT2D eigenvalue weighted by Gasteiger charge is -2.38. The first-order valence-electron chi connectivity index (χ1n) is 14.7. The van der Waals surface area contributed by atoms with E-state index in [1.807, 2.05) is 11.8 Å². The quantitative estimate of drug-likeness (QED) is 0.248. The van der Waals surface area contributed by atoms with Crippen molar-refractivity contribution >= 4 is 34.7 Å². The Labute approximate surface area is 253 Å². The molecule has 2 fully saturated rings. The van der Waals surface area contributed by atoms with Gasteiger partial charge in [0, 0.05) is 60.2 Å². The summed E-state index contributed by atoms with van der Waals surface area (Å²) in [6.07, 6.45) is 4.26. The first kappa shape index (κ1) is 29.4. The zero-order valence-corrected chi connectivity index (χ0v) is 24.3. The molecule has 1 amide bonds. The molecule has 0 spiro atoms. The molecule has 0 saturated carbocycles. The van der Waals surface area contributed by atoms with Crippen molar-refractivity contribution in [2.45, 2.75) is 44.8 Å². The van der Waals surface area contributed by atoms with Crippen LogP contribution >= 0.6 is 0 Å². The largest absolute Gasteiger partial charge is 0.416 e. The Balaban J connectivity index is 1.20. The molecule has 0 atom stereocenters. The molecular formula is C31H34F3N9O. The fraction of sp³-hybridized carbons (Fsp3) is 0.355. The second-order valence-corrected chi connectivity index (χ2v) is 11.3. The highest BCUT2D eigenvalue weighted by atomic mass is 19.4. The van der Waals surface area contributed by atoms with E-state index in [2.05, 4.69) is 30.5 Å². The van der Waals surface area contributed by atoms with Gasteiger partial charge in [-0.15, -0.1) is 0 Å². The van der Waals surface area contributed by atoms with Gasteiger partial charge in [-0.2, -0.15) is 13.2 Å². The van der Waals surface area contributed by atoms with E-state index < -0.39 is 17.6 Å². The van der Waals surface area contributed by atoms with Gasteiger partial charge >= 0.3 is 6.18 Å². The van der Waals surface area contributed by atoms with Gasteiger partial charge < -0.3 is 26.2 Å². The molecule has 2 aliphatic rings. The molecule has 2 aliphatic heterocycles. The molecule has 4 N–H and O–H groups in total. The number of nitrogens with zero attached hydrogens (tertiary/aromatic N) is 6. The van der Waals surface area contributed by atoms with Crippen molar-refractivity contribution in [3.8, 4) is 5.82 Å². The van der Waals surface area contributed by atoms with Crippen LogP contribution in [-0.4, -0.2) is 62.5 Å². The number of amides is 1. The Bertz CT molecular complexity index is 1640. The first-order valence-corrected chi connectivity index (χ1v) is 14.7. The van der Waals surface area contributed by atoms with Crippen LogP contribution in [0.3, 0.4) is 0 Å². The van der Waals surface area contributed by atoms with Crippen LogP contribution in [-0.2, 0) is 6.18 Å². The van der Waals surface area contributed by atoms with E-state index in [0.29, 0.717) is 53.8 Å². The summed E-state index contributed by atoms with van der Waals surface area (Å²) in [5.41, 5.74) is 7.24. The Morgan fingerprint density at radius 3 is 2.48 bits per heavy atom. The fourth-order valence-corrected chi connectivity index (χ4v) is 5.92. The SMILES string of the molecule is Cc1ccc(NC(=O)c2cc(N3CCC(N4CCCC4)CC3)cc(C(F)(F)F)c2)cc1Nc1nccn1-c1cc(N)ncn1. The van der Waals surface area contributed by atoms with Gasteiger partial charge in [-0.1, -0.05) is 6.07 Å². The average molecular weight is 606 g/mol. The van der Waals surface area contributed by atoms with Gasteiger partial charge in [0.15, 0.2) is 0 Å². The van der Waals surface area contributed by atoms with Crippen LogP contribution in [0.15, 0.2) is 61.2 Å². The minimum absolute atomic E-state index is 0.0523. The van der Waals surface area contributed by atoms with Crippen molar-refractivity contribution in [2.24, 2.45) is 0 Å². The molecule has 6 rings (SSSR count). The number of aryl methyl sites for hydroxylation is 1. The summed E-state index contributed by atoms with van der Waals surface area (Å²) < 4.78 is 43.5. The maximum absolute atomic E-state index is 13.9. The van der Waals surface area contributed by atoms with Crippen molar-refractivity contribution < 1.29 is 18.0 Å². The molecule has 0 unspecified atom stereocenters. The van der Waals surface area contributed by atoms with Gasteiger partial charge in [-0.3, -0.25) is 9.36 Å². The van der Waals surface area contributed by atoms with Crippen molar-refractivity contribution in [3.63, 3.8) is 0 Å². The minimum Gasteiger partial charge on any atom is -0.384 e. The molecule has 2 saturated heterocycles. The molecule has 4 aromatic rings. The Morgan fingerprint density at radius 1 is 0.977 bits per heavy atom. The minimum atomic E-state index is -4.59. The molecule has 10 nitrogen and oxygen atoms in total. The van der Waals surface area contributed by atoms with Crippen LogP contribution in [0.4, 0.5) is 42.0 Å². The van der Waals surface area contributed by atoms with Crippen LogP contribution in [0.5, 0.6) is 0 Å². The van der Waals surface area contributed by atoms with Gasteiger partial charge in [0.25, 0.3) is 5.91 Å². The van der Waals surface area contributed by atoms with E-state index in [0.717, 1.165) is 43.6 Å². The monoisotopic (exact) mass is 605 g/mol. The molecule has 44 heavy (non-hydrogen) atoms. The summed E-state index contributed by atoms with van der Waals surface area (Å²) in [7, 11) is 0. The second-order valence-electron chi connectivity index (χ2n) is 11.3. The van der Waals surface area contributed by atoms with Gasteiger partial charge in [0.1, 0.15) is 18.0 Å². The summed E-state index contributed by atoms with van der Waals surface area (Å²) >= 11 is 0. The fourth-order valence-electron chi connectivity index (χ4n) is 5.92. The zero-order valence-electron chi connectivity index (χ0n) is 24.3. The number of aromatic nitrogens is 4. The standard InChI is InChI=1S/C31H34F3N9O/c1-20-4-5-23(17-26(20)40-30-36-8-13-43(30)28-18-27(35)37-19-38-28)39-29(44)21-14-22(31(32,33)34)16-25(15-21)42-11-6-24(7-12-42)41-9-2-3-10-41/h4-5,8,13-19,24H,2-3,6-7,9-12H2,1H3,(H,36,40)(H,39,44)(H2,35,37,38). The topological polar surface area (TPSA) is 117 Å². The van der Waals surface area contributed by atoms with Gasteiger partial charge in [-0.25, -0.2) is 15.0 Å². The number of nitrogens with one attached hydrogen (secondary N) is 2. The number of nitrogen functional groups attached to an aromatic ring is 1. The normalized spacial score (nSPS) is 16.3. The Morgan fingerprint density at radius 2 is 1.75 bits per heavy atom. The van der Waals surface area contributed by atoms with Crippen molar-refractivity contribution in [2.75, 3.05) is 47.4 Å². The number of carbonyl (C=O) groups is 1. The molecule has 13 heteroatoms. The van der Waals surface area contributed by atoms with Gasteiger partial charge in [0.2, 0.25) is 5.95 Å². The number of benzene rings is 2. The number of piperidine rings is 1. The molecule has 0 bridgehead atoms. The number of imidazole rings is 1. The molecule has 2 aromatic carbocycles. The number of rotatable bonds is 7. The molecule has 0 aliphatic carbocycles. The van der Waals surface area contributed by atoms with Gasteiger partial charge in [-0.05, 0) is 81.6 Å². The van der Waals surface area contributed by atoms with Crippen LogP contribution < -0.4 is 21.3 Å². The third-order valence-electron chi connectivity index (χ3n) is 8.30. The summed E-state index contributed by atoms with van der Waals surface area (Å²) in [6.45, 7) is 5.36. The highest BCUT2D eigenvalue weighted by Gasteiger charge is 2.33. The van der Waals surface area contributed by atoms with E-state index >= 15 is 0 Å². The summed E-state index contributed by atoms with van der Waals surface area (Å²) in [6, 6.07) is 10.9. The van der Waals surface area contributed by atoms with Crippen LogP contribution in [0, 0.1) is 6.92 Å². The number of hydrogen-bond donors (Lipinski definition) is 3. The Kier molecular flexibility index (Phi) is 8.13. The van der Waals surface area contributed by atoms with Crippen molar-refractivity contribution in [3.05, 3.63) is 77.9 Å². The number of nitrogens with two attached hydrogens (primary N) is 1. The summed E-state index contributed by atoms with van der Waals surface area (Å²) in [4.78, 5) is 30.3. The van der Waals surface area contributed by atoms with Gasteiger partial charge in [0.05, 0.1) is 5.56 Å². The molecule has 4 heterocycles. The number of carbonyl (C=O) groups excluding carboxylic acids is 1.